The molecule has 190 valence electrons. The number of rotatable bonds is 6. The van der Waals surface area contributed by atoms with Crippen molar-refractivity contribution in [3.63, 3.8) is 0 Å². The fourth-order valence-corrected chi connectivity index (χ4v) is 5.20. The van der Waals surface area contributed by atoms with Crippen molar-refractivity contribution in [2.75, 3.05) is 29.9 Å². The molecular weight excluding hydrogens is 458 g/mol. The highest BCUT2D eigenvalue weighted by molar-refractivity contribution is 5.79. The van der Waals surface area contributed by atoms with Crippen LogP contribution in [0.3, 0.4) is 0 Å². The summed E-state index contributed by atoms with van der Waals surface area (Å²) in [5.74, 6) is 0.232. The molecule has 1 saturated carbocycles. The maximum atomic E-state index is 13.2. The van der Waals surface area contributed by atoms with E-state index < -0.39 is 11.7 Å². The van der Waals surface area contributed by atoms with Gasteiger partial charge in [-0.15, -0.1) is 0 Å². The molecule has 1 amide bonds. The molecule has 2 aromatic carbocycles. The Kier molecular flexibility index (Phi) is 7.87. The van der Waals surface area contributed by atoms with Crippen LogP contribution in [0.25, 0.3) is 0 Å². The lowest BCUT2D eigenvalue weighted by atomic mass is 9.85. The quantitative estimate of drug-likeness (QED) is 0.476. The highest BCUT2D eigenvalue weighted by atomic mass is 19.4. The second kappa shape index (κ2) is 10.9. The van der Waals surface area contributed by atoms with Crippen molar-refractivity contribution in [2.24, 2.45) is 11.8 Å². The molecule has 1 saturated heterocycles. The molecule has 2 aromatic rings. The summed E-state index contributed by atoms with van der Waals surface area (Å²) in [5, 5.41) is 6.39. The zero-order chi connectivity index (χ0) is 25.0. The number of anilines is 2. The third-order valence-corrected chi connectivity index (χ3v) is 7.38. The van der Waals surface area contributed by atoms with E-state index in [-0.39, 0.29) is 29.2 Å². The zero-order valence-corrected chi connectivity index (χ0v) is 20.0. The van der Waals surface area contributed by atoms with Gasteiger partial charge in [-0.05, 0) is 93.3 Å². The molecule has 1 aliphatic heterocycles. The second-order valence-corrected chi connectivity index (χ2v) is 9.87. The lowest BCUT2D eigenvalue weighted by Gasteiger charge is -2.34. The number of carbonyl (C=O) groups excluding carboxylic acids is 1. The van der Waals surface area contributed by atoms with Gasteiger partial charge in [0.1, 0.15) is 5.82 Å². The van der Waals surface area contributed by atoms with E-state index in [1.807, 2.05) is 0 Å². The maximum Gasteiger partial charge on any atom is 0.416 e. The van der Waals surface area contributed by atoms with Crippen molar-refractivity contribution in [3.8, 4) is 0 Å². The molecule has 2 fully saturated rings. The minimum atomic E-state index is -4.35. The van der Waals surface area contributed by atoms with E-state index in [4.69, 9.17) is 0 Å². The van der Waals surface area contributed by atoms with Gasteiger partial charge in [-0.1, -0.05) is 6.07 Å². The number of piperidine rings is 1. The van der Waals surface area contributed by atoms with Gasteiger partial charge < -0.3 is 15.5 Å². The largest absolute Gasteiger partial charge is 0.416 e. The topological polar surface area (TPSA) is 44.4 Å². The number of halogens is 4. The van der Waals surface area contributed by atoms with Gasteiger partial charge in [0, 0.05) is 43.0 Å². The van der Waals surface area contributed by atoms with Crippen molar-refractivity contribution in [1.29, 1.82) is 0 Å². The Bertz CT molecular complexity index is 992. The molecule has 35 heavy (non-hydrogen) atoms. The Morgan fingerprint density at radius 2 is 1.63 bits per heavy atom. The summed E-state index contributed by atoms with van der Waals surface area (Å²) in [5.41, 5.74) is 1.12. The molecule has 1 aliphatic carbocycles. The van der Waals surface area contributed by atoms with Gasteiger partial charge in [0.05, 0.1) is 5.56 Å². The predicted octanol–water partition coefficient (Wildman–Crippen LogP) is 6.16. The SMILES string of the molecule is Cc1ccc(NC2CCC(CNC(=O)C3CCN(c4ccc(F)cc4)CC3)CC2)cc1C(F)(F)F. The van der Waals surface area contributed by atoms with Crippen molar-refractivity contribution < 1.29 is 22.4 Å². The second-order valence-electron chi connectivity index (χ2n) is 9.87. The third kappa shape index (κ3) is 6.67. The van der Waals surface area contributed by atoms with Gasteiger partial charge in [0.25, 0.3) is 0 Å². The highest BCUT2D eigenvalue weighted by Crippen LogP contribution is 2.34. The van der Waals surface area contributed by atoms with E-state index in [0.717, 1.165) is 57.3 Å². The van der Waals surface area contributed by atoms with E-state index in [2.05, 4.69) is 15.5 Å². The highest BCUT2D eigenvalue weighted by Gasteiger charge is 2.33. The molecule has 2 N–H and O–H groups in total. The van der Waals surface area contributed by atoms with E-state index in [1.165, 1.54) is 31.2 Å². The average Bonchev–Trinajstić information content (AvgIpc) is 2.84. The van der Waals surface area contributed by atoms with Crippen LogP contribution in [0.4, 0.5) is 28.9 Å². The Morgan fingerprint density at radius 3 is 2.26 bits per heavy atom. The summed E-state index contributed by atoms with van der Waals surface area (Å²) < 4.78 is 52.7. The molecular formula is C27H33F4N3O. The van der Waals surface area contributed by atoms with E-state index >= 15 is 0 Å². The molecule has 4 rings (SSSR count). The number of carbonyl (C=O) groups is 1. The van der Waals surface area contributed by atoms with Gasteiger partial charge in [-0.3, -0.25) is 4.79 Å². The number of amides is 1. The van der Waals surface area contributed by atoms with Crippen molar-refractivity contribution in [3.05, 3.63) is 59.4 Å². The van der Waals surface area contributed by atoms with Crippen LogP contribution in [0.15, 0.2) is 42.5 Å². The standard InChI is InChI=1S/C27H33F4N3O/c1-18-2-7-23(16-25(18)27(29,30)31)33-22-8-3-19(4-9-22)17-32-26(35)20-12-14-34(15-13-20)24-10-5-21(28)6-11-24/h2,5-7,10-11,16,19-20,22,33H,3-4,8-9,12-15,17H2,1H3,(H,32,35). The molecule has 0 bridgehead atoms. The first-order chi connectivity index (χ1) is 16.7. The predicted molar refractivity (Wildman–Crippen MR) is 130 cm³/mol. The first kappa shape index (κ1) is 25.3. The van der Waals surface area contributed by atoms with Crippen LogP contribution in [0.5, 0.6) is 0 Å². The number of aryl methyl sites for hydroxylation is 1. The maximum absolute atomic E-state index is 13.2. The van der Waals surface area contributed by atoms with E-state index in [1.54, 1.807) is 18.2 Å². The average molecular weight is 492 g/mol. The Labute approximate surface area is 204 Å². The summed E-state index contributed by atoms with van der Waals surface area (Å²) in [4.78, 5) is 14.9. The number of benzene rings is 2. The Morgan fingerprint density at radius 1 is 0.971 bits per heavy atom. The fraction of sp³-hybridized carbons (Fsp3) is 0.519. The van der Waals surface area contributed by atoms with Gasteiger partial charge in [-0.25, -0.2) is 4.39 Å². The van der Waals surface area contributed by atoms with E-state index in [0.29, 0.717) is 18.2 Å². The Balaban J connectivity index is 1.17. The lowest BCUT2D eigenvalue weighted by Crippen LogP contribution is -2.42. The smallest absolute Gasteiger partial charge is 0.382 e. The molecule has 0 aromatic heterocycles. The monoisotopic (exact) mass is 491 g/mol. The van der Waals surface area contributed by atoms with Crippen LogP contribution in [-0.2, 0) is 11.0 Å². The summed E-state index contributed by atoms with van der Waals surface area (Å²) >= 11 is 0. The van der Waals surface area contributed by atoms with Gasteiger partial charge >= 0.3 is 6.18 Å². The summed E-state index contributed by atoms with van der Waals surface area (Å²) in [6.45, 7) is 3.67. The molecule has 8 heteroatoms. The minimum Gasteiger partial charge on any atom is -0.382 e. The summed E-state index contributed by atoms with van der Waals surface area (Å²) in [6.07, 6.45) is 0.789. The summed E-state index contributed by atoms with van der Waals surface area (Å²) in [6, 6.07) is 11.0. The first-order valence-corrected chi connectivity index (χ1v) is 12.4. The molecule has 2 aliphatic rings. The molecule has 4 nitrogen and oxygen atoms in total. The van der Waals surface area contributed by atoms with Crippen molar-refractivity contribution >= 4 is 17.3 Å². The molecule has 1 heterocycles. The van der Waals surface area contributed by atoms with Gasteiger partial charge in [-0.2, -0.15) is 13.2 Å². The third-order valence-electron chi connectivity index (χ3n) is 7.38. The minimum absolute atomic E-state index is 0.00549. The molecule has 0 unspecified atom stereocenters. The van der Waals surface area contributed by atoms with Crippen LogP contribution in [-0.4, -0.2) is 31.6 Å². The first-order valence-electron chi connectivity index (χ1n) is 12.4. The molecule has 0 spiro atoms. The zero-order valence-electron chi connectivity index (χ0n) is 20.0. The fourth-order valence-electron chi connectivity index (χ4n) is 5.20. The van der Waals surface area contributed by atoms with Crippen LogP contribution in [0, 0.1) is 24.6 Å². The van der Waals surface area contributed by atoms with E-state index in [9.17, 15) is 22.4 Å². The van der Waals surface area contributed by atoms with Crippen molar-refractivity contribution in [2.45, 2.75) is 57.7 Å². The lowest BCUT2D eigenvalue weighted by molar-refractivity contribution is -0.138. The number of nitrogens with zero attached hydrogens (tertiary/aromatic N) is 1. The van der Waals surface area contributed by atoms with Crippen LogP contribution in [0.2, 0.25) is 0 Å². The number of hydrogen-bond acceptors (Lipinski definition) is 3. The van der Waals surface area contributed by atoms with Crippen LogP contribution >= 0.6 is 0 Å². The Hall–Kier alpha value is -2.77. The van der Waals surface area contributed by atoms with Crippen LogP contribution < -0.4 is 15.5 Å². The van der Waals surface area contributed by atoms with Crippen molar-refractivity contribution in [1.82, 2.24) is 5.32 Å². The number of alkyl halides is 3. The number of hydrogen-bond donors (Lipinski definition) is 2. The van der Waals surface area contributed by atoms with Gasteiger partial charge in [0.2, 0.25) is 5.91 Å². The number of nitrogens with one attached hydrogen (secondary N) is 2. The normalized spacial score (nSPS) is 21.6. The summed E-state index contributed by atoms with van der Waals surface area (Å²) in [7, 11) is 0. The molecule has 0 radical (unpaired) electrons. The van der Waals surface area contributed by atoms with Gasteiger partial charge in [0.15, 0.2) is 0 Å². The van der Waals surface area contributed by atoms with Crippen LogP contribution in [0.1, 0.15) is 49.7 Å². The molecule has 0 atom stereocenters.